The maximum absolute atomic E-state index is 13.6. The van der Waals surface area contributed by atoms with Crippen LogP contribution in [0.3, 0.4) is 0 Å². The molecule has 3 aromatic carbocycles. The van der Waals surface area contributed by atoms with Crippen LogP contribution < -0.4 is 19.5 Å². The lowest BCUT2D eigenvalue weighted by molar-refractivity contribution is -0.123. The molecule has 0 bridgehead atoms. The zero-order valence-corrected chi connectivity index (χ0v) is 23.7. The van der Waals surface area contributed by atoms with Crippen LogP contribution in [-0.4, -0.2) is 74.0 Å². The Labute approximate surface area is 241 Å². The number of hydrogen-bond donors (Lipinski definition) is 1. The Hall–Kier alpha value is -4.66. The van der Waals surface area contributed by atoms with Gasteiger partial charge in [0, 0.05) is 49.4 Å². The van der Waals surface area contributed by atoms with E-state index in [2.05, 4.69) is 21.3 Å². The first-order chi connectivity index (χ1) is 19.9. The lowest BCUT2D eigenvalue weighted by Gasteiger charge is -2.32. The van der Waals surface area contributed by atoms with E-state index in [9.17, 15) is 14.9 Å². The third-order valence-corrected chi connectivity index (χ3v) is 7.78. The average molecular weight is 572 g/mol. The van der Waals surface area contributed by atoms with Crippen molar-refractivity contribution in [2.24, 2.45) is 0 Å². The molecule has 0 aliphatic carbocycles. The molecule has 10 nitrogen and oxygen atoms in total. The molecule has 210 valence electrons. The third kappa shape index (κ3) is 6.24. The Morgan fingerprint density at radius 1 is 0.976 bits per heavy atom. The maximum atomic E-state index is 13.6. The van der Waals surface area contributed by atoms with Gasteiger partial charge in [-0.2, -0.15) is 5.26 Å². The number of likely N-dealkylation sites (N-methyl/N-ethyl adjacent to an activating group) is 1. The number of hydrogen-bond acceptors (Lipinski definition) is 9. The smallest absolute Gasteiger partial charge is 0.271 e. The van der Waals surface area contributed by atoms with Gasteiger partial charge in [0.25, 0.3) is 11.8 Å². The molecule has 1 atom stereocenters. The molecule has 1 unspecified atom stereocenters. The number of fused-ring (bicyclic) bond motifs is 1. The van der Waals surface area contributed by atoms with Crippen molar-refractivity contribution in [1.82, 2.24) is 14.8 Å². The molecule has 1 saturated heterocycles. The summed E-state index contributed by atoms with van der Waals surface area (Å²) in [6.45, 7) is 3.04. The first-order valence-electron chi connectivity index (χ1n) is 13.0. The maximum Gasteiger partial charge on any atom is 0.271 e. The number of rotatable bonds is 8. The minimum absolute atomic E-state index is 0.0323. The van der Waals surface area contributed by atoms with Crippen LogP contribution in [0, 0.1) is 11.3 Å². The summed E-state index contributed by atoms with van der Waals surface area (Å²) in [6.07, 6.45) is -1.04. The van der Waals surface area contributed by atoms with Crippen molar-refractivity contribution in [1.29, 1.82) is 5.26 Å². The average Bonchev–Trinajstić information content (AvgIpc) is 3.40. The van der Waals surface area contributed by atoms with Crippen molar-refractivity contribution in [2.45, 2.75) is 6.10 Å². The van der Waals surface area contributed by atoms with Gasteiger partial charge in [0.1, 0.15) is 5.75 Å². The molecule has 1 aromatic heterocycles. The van der Waals surface area contributed by atoms with E-state index < -0.39 is 12.0 Å². The zero-order valence-electron chi connectivity index (χ0n) is 22.9. The second kappa shape index (κ2) is 12.2. The fourth-order valence-corrected chi connectivity index (χ4v) is 5.37. The van der Waals surface area contributed by atoms with Crippen LogP contribution in [0.5, 0.6) is 17.2 Å². The Morgan fingerprint density at radius 2 is 1.63 bits per heavy atom. The second-order valence-electron chi connectivity index (χ2n) is 9.53. The molecular formula is C30H29N5O5S. The van der Waals surface area contributed by atoms with Gasteiger partial charge >= 0.3 is 0 Å². The minimum atomic E-state index is -1.04. The van der Waals surface area contributed by atoms with E-state index >= 15 is 0 Å². The summed E-state index contributed by atoms with van der Waals surface area (Å²) < 4.78 is 17.7. The highest BCUT2D eigenvalue weighted by atomic mass is 32.1. The van der Waals surface area contributed by atoms with Crippen molar-refractivity contribution in [3.05, 3.63) is 77.4 Å². The number of carbonyl (C=O) groups is 2. The molecule has 1 aliphatic heterocycles. The first kappa shape index (κ1) is 27.9. The van der Waals surface area contributed by atoms with E-state index in [0.29, 0.717) is 57.7 Å². The molecule has 1 aliphatic rings. The zero-order chi connectivity index (χ0) is 28.9. The standard InChI is InChI=1S/C30H29N5O5S/c1-34-12-14-35(15-13-34)29(37)21-8-10-22(11-9-21)40-27(20-6-4-19(18-31)5-7-20)28(36)33-30-32-23-16-24(38-2)25(39-3)17-26(23)41-30/h4-11,16-17,27H,12-15H2,1-3H3,(H,32,33,36). The van der Waals surface area contributed by atoms with E-state index in [1.165, 1.54) is 11.3 Å². The summed E-state index contributed by atoms with van der Waals surface area (Å²) in [7, 11) is 5.15. The number of methoxy groups -OCH3 is 2. The molecule has 41 heavy (non-hydrogen) atoms. The van der Waals surface area contributed by atoms with E-state index in [0.717, 1.165) is 17.8 Å². The predicted molar refractivity (Wildman–Crippen MR) is 156 cm³/mol. The van der Waals surface area contributed by atoms with Crippen molar-refractivity contribution < 1.29 is 23.8 Å². The van der Waals surface area contributed by atoms with Gasteiger partial charge in [0.15, 0.2) is 16.6 Å². The van der Waals surface area contributed by atoms with Gasteiger partial charge in [-0.15, -0.1) is 0 Å². The Kier molecular flexibility index (Phi) is 8.33. The van der Waals surface area contributed by atoms with Crippen LogP contribution in [0.4, 0.5) is 5.13 Å². The number of benzene rings is 3. The highest BCUT2D eigenvalue weighted by molar-refractivity contribution is 7.22. The van der Waals surface area contributed by atoms with Crippen molar-refractivity contribution in [2.75, 3.05) is 52.8 Å². The quantitative estimate of drug-likeness (QED) is 0.332. The SMILES string of the molecule is COc1cc2nc(NC(=O)C(Oc3ccc(C(=O)N4CCN(C)CC4)cc3)c3ccc(C#N)cc3)sc2cc1OC. The summed E-state index contributed by atoms with van der Waals surface area (Å²) >= 11 is 1.30. The topological polar surface area (TPSA) is 117 Å². The number of anilines is 1. The molecule has 2 amide bonds. The summed E-state index contributed by atoms with van der Waals surface area (Å²) in [5, 5.41) is 12.5. The molecule has 0 spiro atoms. The van der Waals surface area contributed by atoms with E-state index in [4.69, 9.17) is 14.2 Å². The van der Waals surface area contributed by atoms with Crippen LogP contribution in [0.15, 0.2) is 60.7 Å². The number of aromatic nitrogens is 1. The highest BCUT2D eigenvalue weighted by Gasteiger charge is 2.25. The van der Waals surface area contributed by atoms with Crippen LogP contribution >= 0.6 is 11.3 Å². The van der Waals surface area contributed by atoms with E-state index in [1.54, 1.807) is 74.9 Å². The first-order valence-corrected chi connectivity index (χ1v) is 13.8. The lowest BCUT2D eigenvalue weighted by Crippen LogP contribution is -2.47. The van der Waals surface area contributed by atoms with Gasteiger partial charge in [-0.1, -0.05) is 23.5 Å². The fourth-order valence-electron chi connectivity index (χ4n) is 4.49. The van der Waals surface area contributed by atoms with Gasteiger partial charge in [-0.3, -0.25) is 14.9 Å². The number of piperazine rings is 1. The number of amides is 2. The third-order valence-electron chi connectivity index (χ3n) is 6.85. The molecule has 11 heteroatoms. The van der Waals surface area contributed by atoms with Gasteiger partial charge < -0.3 is 24.0 Å². The van der Waals surface area contributed by atoms with Crippen LogP contribution in [0.1, 0.15) is 27.6 Å². The summed E-state index contributed by atoms with van der Waals surface area (Å²) in [5.41, 5.74) is 2.23. The molecule has 0 saturated carbocycles. The number of thiazole rings is 1. The van der Waals surface area contributed by atoms with Crippen molar-refractivity contribution in [3.63, 3.8) is 0 Å². The summed E-state index contributed by atoms with van der Waals surface area (Å²) in [5.74, 6) is 1.05. The number of carbonyl (C=O) groups excluding carboxylic acids is 2. The molecule has 0 radical (unpaired) electrons. The monoisotopic (exact) mass is 571 g/mol. The second-order valence-corrected chi connectivity index (χ2v) is 10.6. The molecule has 4 aromatic rings. The fraction of sp³-hybridized carbons (Fsp3) is 0.267. The van der Waals surface area contributed by atoms with Crippen molar-refractivity contribution >= 4 is 38.5 Å². The number of ether oxygens (including phenoxy) is 3. The van der Waals surface area contributed by atoms with E-state index in [1.807, 2.05) is 11.9 Å². The number of nitriles is 1. The Bertz CT molecular complexity index is 1550. The Balaban J connectivity index is 1.37. The number of nitrogens with zero attached hydrogens (tertiary/aromatic N) is 4. The predicted octanol–water partition coefficient (Wildman–Crippen LogP) is 4.33. The molecule has 1 fully saturated rings. The van der Waals surface area contributed by atoms with Crippen LogP contribution in [0.2, 0.25) is 0 Å². The van der Waals surface area contributed by atoms with Crippen molar-refractivity contribution in [3.8, 4) is 23.3 Å². The van der Waals surface area contributed by atoms with Gasteiger partial charge in [0.05, 0.1) is 36.1 Å². The molecule has 2 heterocycles. The van der Waals surface area contributed by atoms with Gasteiger partial charge in [-0.25, -0.2) is 4.98 Å². The Morgan fingerprint density at radius 3 is 2.27 bits per heavy atom. The largest absolute Gasteiger partial charge is 0.493 e. The lowest BCUT2D eigenvalue weighted by atomic mass is 10.1. The molecule has 5 rings (SSSR count). The highest BCUT2D eigenvalue weighted by Crippen LogP contribution is 2.36. The van der Waals surface area contributed by atoms with Gasteiger partial charge in [0.2, 0.25) is 6.10 Å². The summed E-state index contributed by atoms with van der Waals surface area (Å²) in [6, 6.07) is 19.0. The van der Waals surface area contributed by atoms with Crippen LogP contribution in [-0.2, 0) is 4.79 Å². The normalized spacial score (nSPS) is 14.2. The molecule has 1 N–H and O–H groups in total. The van der Waals surface area contributed by atoms with Gasteiger partial charge in [-0.05, 0) is 43.4 Å². The minimum Gasteiger partial charge on any atom is -0.493 e. The van der Waals surface area contributed by atoms with Crippen LogP contribution in [0.25, 0.3) is 10.2 Å². The molecular weight excluding hydrogens is 542 g/mol. The summed E-state index contributed by atoms with van der Waals surface area (Å²) in [4.78, 5) is 35.1. The number of nitrogens with one attached hydrogen (secondary N) is 1. The van der Waals surface area contributed by atoms with E-state index in [-0.39, 0.29) is 5.91 Å².